The molecule has 6 nitrogen and oxygen atoms in total. The molecule has 1 unspecified atom stereocenters. The third kappa shape index (κ3) is 5.91. The second kappa shape index (κ2) is 9.79. The van der Waals surface area contributed by atoms with E-state index in [4.69, 9.17) is 5.26 Å². The van der Waals surface area contributed by atoms with Crippen LogP contribution in [-0.2, 0) is 17.8 Å². The molecule has 0 aliphatic rings. The van der Waals surface area contributed by atoms with Gasteiger partial charge >= 0.3 is 6.03 Å². The van der Waals surface area contributed by atoms with E-state index in [1.807, 2.05) is 36.4 Å². The van der Waals surface area contributed by atoms with Crippen LogP contribution in [0.3, 0.4) is 0 Å². The fourth-order valence-electron chi connectivity index (χ4n) is 2.34. The molecule has 0 saturated heterocycles. The molecule has 2 aromatic rings. The lowest BCUT2D eigenvalue weighted by atomic mass is 10.1. The minimum Gasteiger partial charge on any atom is -0.341 e. The third-order valence-corrected chi connectivity index (χ3v) is 3.64. The molecule has 0 fully saturated rings. The average molecular weight is 354 g/mol. The molecule has 0 aromatic heterocycles. The highest BCUT2D eigenvalue weighted by Crippen LogP contribution is 2.06. The van der Waals surface area contributed by atoms with Gasteiger partial charge in [-0.1, -0.05) is 48.5 Å². The van der Waals surface area contributed by atoms with Crippen LogP contribution in [0, 0.1) is 17.1 Å². The molecule has 134 valence electrons. The third-order valence-electron chi connectivity index (χ3n) is 3.64. The number of carbonyl (C=O) groups is 2. The summed E-state index contributed by atoms with van der Waals surface area (Å²) in [6.07, 6.45) is 0.269. The minimum atomic E-state index is -0.855. The van der Waals surface area contributed by atoms with Gasteiger partial charge in [0.2, 0.25) is 5.91 Å². The lowest BCUT2D eigenvalue weighted by Gasteiger charge is -2.18. The van der Waals surface area contributed by atoms with Gasteiger partial charge in [0.05, 0.1) is 6.07 Å². The van der Waals surface area contributed by atoms with Crippen molar-refractivity contribution < 1.29 is 14.0 Å². The number of urea groups is 1. The first kappa shape index (κ1) is 18.9. The molecular formula is C19H19FN4O2. The number of carbonyl (C=O) groups excluding carboxylic acids is 2. The van der Waals surface area contributed by atoms with E-state index in [1.54, 1.807) is 18.2 Å². The maximum absolute atomic E-state index is 13.6. The monoisotopic (exact) mass is 354 g/mol. The summed E-state index contributed by atoms with van der Waals surface area (Å²) in [5.41, 5.74) is 1.20. The Bertz CT molecular complexity index is 790. The fourth-order valence-corrected chi connectivity index (χ4v) is 2.34. The topological polar surface area (TPSA) is 94.0 Å². The number of nitrogens with zero attached hydrogens (tertiary/aromatic N) is 1. The van der Waals surface area contributed by atoms with E-state index in [2.05, 4.69) is 16.0 Å². The smallest absolute Gasteiger partial charge is 0.315 e. The normalized spacial score (nSPS) is 11.1. The second-order valence-corrected chi connectivity index (χ2v) is 5.54. The van der Waals surface area contributed by atoms with Crippen LogP contribution in [0.2, 0.25) is 0 Å². The number of rotatable bonds is 7. The summed E-state index contributed by atoms with van der Waals surface area (Å²) in [6.45, 7) is -0.154. The number of halogens is 1. The van der Waals surface area contributed by atoms with Gasteiger partial charge in [-0.25, -0.2) is 9.18 Å². The molecule has 1 atom stereocenters. The lowest BCUT2D eigenvalue weighted by Crippen LogP contribution is -2.51. The van der Waals surface area contributed by atoms with Crippen LogP contribution in [-0.4, -0.2) is 24.5 Å². The second-order valence-electron chi connectivity index (χ2n) is 5.54. The van der Waals surface area contributed by atoms with Crippen LogP contribution in [0.4, 0.5) is 9.18 Å². The number of hydrogen-bond acceptors (Lipinski definition) is 3. The molecule has 0 bridgehead atoms. The Morgan fingerprint density at radius 1 is 1.04 bits per heavy atom. The van der Waals surface area contributed by atoms with Gasteiger partial charge in [-0.15, -0.1) is 0 Å². The minimum absolute atomic E-state index is 0.00359. The standard InChI is InChI=1S/C19H19FN4O2/c20-16-9-5-4-8-15(16)13-23-19(26)24-17(18(25)22-11-10-21)12-14-6-2-1-3-7-14/h1-9,17H,11-13H2,(H,22,25)(H2,23,24,26). The summed E-state index contributed by atoms with van der Waals surface area (Å²) in [7, 11) is 0. The van der Waals surface area contributed by atoms with Crippen LogP contribution in [0.25, 0.3) is 0 Å². The summed E-state index contributed by atoms with van der Waals surface area (Å²) in [5.74, 6) is -0.878. The highest BCUT2D eigenvalue weighted by atomic mass is 19.1. The van der Waals surface area contributed by atoms with Gasteiger partial charge in [0.25, 0.3) is 0 Å². The van der Waals surface area contributed by atoms with E-state index in [0.717, 1.165) is 5.56 Å². The molecule has 0 saturated carbocycles. The first-order chi connectivity index (χ1) is 12.6. The SMILES string of the molecule is N#CCNC(=O)C(Cc1ccccc1)NC(=O)NCc1ccccc1F. The van der Waals surface area contributed by atoms with Gasteiger partial charge in [-0.05, 0) is 11.6 Å². The first-order valence-corrected chi connectivity index (χ1v) is 8.06. The van der Waals surface area contributed by atoms with Crippen molar-refractivity contribution in [3.05, 3.63) is 71.5 Å². The molecular weight excluding hydrogens is 335 g/mol. The number of hydrogen-bond donors (Lipinski definition) is 3. The maximum atomic E-state index is 13.6. The Balaban J connectivity index is 1.98. The van der Waals surface area contributed by atoms with Crippen molar-refractivity contribution in [3.63, 3.8) is 0 Å². The van der Waals surface area contributed by atoms with Gasteiger partial charge in [-0.2, -0.15) is 5.26 Å². The Kier molecular flexibility index (Phi) is 7.13. The van der Waals surface area contributed by atoms with Gasteiger partial charge in [0, 0.05) is 18.5 Å². The molecule has 0 spiro atoms. The largest absolute Gasteiger partial charge is 0.341 e. The molecule has 26 heavy (non-hydrogen) atoms. The number of amides is 3. The maximum Gasteiger partial charge on any atom is 0.315 e. The Morgan fingerprint density at radius 2 is 1.73 bits per heavy atom. The van der Waals surface area contributed by atoms with Crippen molar-refractivity contribution in [2.75, 3.05) is 6.54 Å². The van der Waals surface area contributed by atoms with Gasteiger partial charge in [0.15, 0.2) is 0 Å². The van der Waals surface area contributed by atoms with Gasteiger partial charge in [0.1, 0.15) is 18.4 Å². The zero-order valence-corrected chi connectivity index (χ0v) is 14.0. The van der Waals surface area contributed by atoms with E-state index < -0.39 is 23.8 Å². The van der Waals surface area contributed by atoms with Crippen molar-refractivity contribution in [1.29, 1.82) is 5.26 Å². The Morgan fingerprint density at radius 3 is 2.42 bits per heavy atom. The summed E-state index contributed by atoms with van der Waals surface area (Å²) in [4.78, 5) is 24.3. The first-order valence-electron chi connectivity index (χ1n) is 8.06. The number of nitriles is 1. The average Bonchev–Trinajstić information content (AvgIpc) is 2.65. The molecule has 2 aromatic carbocycles. The predicted molar refractivity (Wildman–Crippen MR) is 94.3 cm³/mol. The van der Waals surface area contributed by atoms with Crippen LogP contribution in [0.5, 0.6) is 0 Å². The molecule has 7 heteroatoms. The lowest BCUT2D eigenvalue weighted by molar-refractivity contribution is -0.122. The van der Waals surface area contributed by atoms with Crippen molar-refractivity contribution in [3.8, 4) is 6.07 Å². The molecule has 3 N–H and O–H groups in total. The quantitative estimate of drug-likeness (QED) is 0.663. The van der Waals surface area contributed by atoms with E-state index in [1.165, 1.54) is 6.07 Å². The fraction of sp³-hybridized carbons (Fsp3) is 0.211. The van der Waals surface area contributed by atoms with E-state index >= 15 is 0 Å². The van der Waals surface area contributed by atoms with Crippen LogP contribution in [0.15, 0.2) is 54.6 Å². The highest BCUT2D eigenvalue weighted by molar-refractivity contribution is 5.87. The highest BCUT2D eigenvalue weighted by Gasteiger charge is 2.21. The Hall–Kier alpha value is -3.40. The predicted octanol–water partition coefficient (Wildman–Crippen LogP) is 1.88. The number of benzene rings is 2. The Labute approximate surface area is 151 Å². The van der Waals surface area contributed by atoms with Crippen molar-refractivity contribution in [1.82, 2.24) is 16.0 Å². The van der Waals surface area contributed by atoms with Gasteiger partial charge in [-0.3, -0.25) is 4.79 Å². The van der Waals surface area contributed by atoms with Crippen molar-refractivity contribution >= 4 is 11.9 Å². The summed E-state index contributed by atoms with van der Waals surface area (Å²) in [6, 6.07) is 15.7. The molecule has 3 amide bonds. The molecule has 0 heterocycles. The van der Waals surface area contributed by atoms with E-state index in [9.17, 15) is 14.0 Å². The van der Waals surface area contributed by atoms with Crippen LogP contribution >= 0.6 is 0 Å². The zero-order valence-electron chi connectivity index (χ0n) is 14.0. The van der Waals surface area contributed by atoms with Crippen LogP contribution in [0.1, 0.15) is 11.1 Å². The number of nitrogens with one attached hydrogen (secondary N) is 3. The summed E-state index contributed by atoms with van der Waals surface area (Å²) >= 11 is 0. The zero-order chi connectivity index (χ0) is 18.8. The summed E-state index contributed by atoms with van der Waals surface area (Å²) < 4.78 is 13.6. The van der Waals surface area contributed by atoms with Gasteiger partial charge < -0.3 is 16.0 Å². The van der Waals surface area contributed by atoms with E-state index in [-0.39, 0.29) is 19.5 Å². The molecule has 0 radical (unpaired) electrons. The summed E-state index contributed by atoms with van der Waals surface area (Å²) in [5, 5.41) is 16.1. The van der Waals surface area contributed by atoms with Crippen molar-refractivity contribution in [2.45, 2.75) is 19.0 Å². The van der Waals surface area contributed by atoms with Crippen molar-refractivity contribution in [2.24, 2.45) is 0 Å². The van der Waals surface area contributed by atoms with E-state index in [0.29, 0.717) is 5.56 Å². The molecule has 2 rings (SSSR count). The molecule has 0 aliphatic heterocycles. The molecule has 0 aliphatic carbocycles. The van der Waals surface area contributed by atoms with Crippen LogP contribution < -0.4 is 16.0 Å².